The fraction of sp³-hybridized carbons (Fsp3) is 0.545. The first-order chi connectivity index (χ1) is 7.95. The number of hydrogen-bond donors (Lipinski definition) is 0. The third-order valence-corrected chi connectivity index (χ3v) is 2.93. The van der Waals surface area contributed by atoms with Crippen molar-refractivity contribution in [3.8, 4) is 0 Å². The van der Waals surface area contributed by atoms with E-state index in [4.69, 9.17) is 23.2 Å². The highest BCUT2D eigenvalue weighted by Gasteiger charge is 2.16. The topological polar surface area (TPSA) is 41.4 Å². The van der Waals surface area contributed by atoms with Gasteiger partial charge in [-0.3, -0.25) is 0 Å². The fourth-order valence-corrected chi connectivity index (χ4v) is 1.99. The average Bonchev–Trinajstić information content (AvgIpc) is 2.25. The van der Waals surface area contributed by atoms with Crippen LogP contribution in [0.5, 0.6) is 0 Å². The summed E-state index contributed by atoms with van der Waals surface area (Å²) in [5.41, 5.74) is 0.791. The Hall–Kier alpha value is -0.870. The SMILES string of the molecule is CCC(C)c1c(Cl)nc(N=CN(C)C)nc1Cl. The van der Waals surface area contributed by atoms with Crippen LogP contribution < -0.4 is 0 Å². The molecular weight excluding hydrogens is 259 g/mol. The zero-order valence-electron chi connectivity index (χ0n) is 10.4. The van der Waals surface area contributed by atoms with Crippen LogP contribution in [0.2, 0.25) is 10.3 Å². The molecule has 4 nitrogen and oxygen atoms in total. The molecule has 0 amide bonds. The minimum absolute atomic E-state index is 0.238. The van der Waals surface area contributed by atoms with E-state index in [1.165, 1.54) is 0 Å². The van der Waals surface area contributed by atoms with Crippen LogP contribution in [0.25, 0.3) is 0 Å². The van der Waals surface area contributed by atoms with Gasteiger partial charge in [-0.15, -0.1) is 0 Å². The molecule has 1 unspecified atom stereocenters. The predicted octanol–water partition coefficient (Wildman–Crippen LogP) is 3.52. The molecule has 0 aliphatic rings. The van der Waals surface area contributed by atoms with E-state index in [9.17, 15) is 0 Å². The molecule has 6 heteroatoms. The second-order valence-electron chi connectivity index (χ2n) is 4.04. The molecule has 17 heavy (non-hydrogen) atoms. The van der Waals surface area contributed by atoms with Gasteiger partial charge in [-0.2, -0.15) is 9.97 Å². The average molecular weight is 275 g/mol. The Kier molecular flexibility index (Phi) is 5.15. The Balaban J connectivity index is 3.09. The van der Waals surface area contributed by atoms with E-state index < -0.39 is 0 Å². The van der Waals surface area contributed by atoms with Crippen molar-refractivity contribution in [2.75, 3.05) is 14.1 Å². The van der Waals surface area contributed by atoms with Crippen LogP contribution in [0.4, 0.5) is 5.95 Å². The molecule has 0 aliphatic heterocycles. The van der Waals surface area contributed by atoms with E-state index in [1.807, 2.05) is 21.0 Å². The molecule has 1 aromatic heterocycles. The van der Waals surface area contributed by atoms with Gasteiger partial charge in [0.05, 0.1) is 6.34 Å². The molecule has 0 radical (unpaired) electrons. The Bertz CT molecular complexity index is 395. The first kappa shape index (κ1) is 14.2. The molecule has 1 aromatic rings. The van der Waals surface area contributed by atoms with E-state index in [-0.39, 0.29) is 11.9 Å². The van der Waals surface area contributed by atoms with Crippen molar-refractivity contribution in [2.24, 2.45) is 4.99 Å². The lowest BCUT2D eigenvalue weighted by atomic mass is 10.0. The lowest BCUT2D eigenvalue weighted by Gasteiger charge is -2.12. The maximum absolute atomic E-state index is 6.10. The Morgan fingerprint density at radius 1 is 1.29 bits per heavy atom. The van der Waals surface area contributed by atoms with Crippen molar-refractivity contribution in [2.45, 2.75) is 26.2 Å². The highest BCUT2D eigenvalue weighted by Crippen LogP contribution is 2.32. The maximum atomic E-state index is 6.10. The van der Waals surface area contributed by atoms with Crippen molar-refractivity contribution in [3.63, 3.8) is 0 Å². The van der Waals surface area contributed by atoms with Crippen molar-refractivity contribution in [1.29, 1.82) is 0 Å². The molecule has 1 heterocycles. The molecule has 0 bridgehead atoms. The van der Waals surface area contributed by atoms with Gasteiger partial charge in [-0.05, 0) is 12.3 Å². The summed E-state index contributed by atoms with van der Waals surface area (Å²) in [5.74, 6) is 0.516. The van der Waals surface area contributed by atoms with E-state index in [0.717, 1.165) is 12.0 Å². The summed E-state index contributed by atoms with van der Waals surface area (Å²) in [5, 5.41) is 0.760. The number of aliphatic imine (C=N–C) groups is 1. The first-order valence-corrected chi connectivity index (χ1v) is 6.14. The minimum atomic E-state index is 0.238. The third kappa shape index (κ3) is 3.82. The van der Waals surface area contributed by atoms with Gasteiger partial charge in [0.25, 0.3) is 5.95 Å². The molecule has 0 aliphatic carbocycles. The Morgan fingerprint density at radius 3 is 2.24 bits per heavy atom. The quantitative estimate of drug-likeness (QED) is 0.479. The highest BCUT2D eigenvalue weighted by atomic mass is 35.5. The van der Waals surface area contributed by atoms with Crippen LogP contribution in [-0.4, -0.2) is 35.3 Å². The van der Waals surface area contributed by atoms with Gasteiger partial charge >= 0.3 is 0 Å². The lowest BCUT2D eigenvalue weighted by molar-refractivity contribution is 0.642. The largest absolute Gasteiger partial charge is 0.369 e. The van der Waals surface area contributed by atoms with Gasteiger partial charge in [-0.25, -0.2) is 4.99 Å². The minimum Gasteiger partial charge on any atom is -0.369 e. The smallest absolute Gasteiger partial charge is 0.253 e. The Morgan fingerprint density at radius 2 is 1.82 bits per heavy atom. The summed E-state index contributed by atoms with van der Waals surface area (Å²) in [7, 11) is 3.72. The number of halogens is 2. The summed E-state index contributed by atoms with van der Waals surface area (Å²) >= 11 is 12.2. The van der Waals surface area contributed by atoms with Gasteiger partial charge in [-0.1, -0.05) is 37.0 Å². The predicted molar refractivity (Wildman–Crippen MR) is 72.6 cm³/mol. The lowest BCUT2D eigenvalue weighted by Crippen LogP contribution is -2.07. The molecule has 0 fully saturated rings. The maximum Gasteiger partial charge on any atom is 0.253 e. The van der Waals surface area contributed by atoms with Crippen LogP contribution in [-0.2, 0) is 0 Å². The molecule has 0 saturated heterocycles. The monoisotopic (exact) mass is 274 g/mol. The number of nitrogens with zero attached hydrogens (tertiary/aromatic N) is 4. The summed E-state index contributed by atoms with van der Waals surface area (Å²) in [6, 6.07) is 0. The van der Waals surface area contributed by atoms with Gasteiger partial charge in [0.15, 0.2) is 0 Å². The summed E-state index contributed by atoms with van der Waals surface area (Å²) in [4.78, 5) is 14.1. The van der Waals surface area contributed by atoms with Gasteiger partial charge < -0.3 is 4.90 Å². The first-order valence-electron chi connectivity index (χ1n) is 5.39. The molecule has 1 rings (SSSR count). The van der Waals surface area contributed by atoms with Gasteiger partial charge in [0, 0.05) is 19.7 Å². The summed E-state index contributed by atoms with van der Waals surface area (Å²) < 4.78 is 0. The van der Waals surface area contributed by atoms with Crippen molar-refractivity contribution >= 4 is 35.5 Å². The van der Waals surface area contributed by atoms with E-state index in [2.05, 4.69) is 21.9 Å². The summed E-state index contributed by atoms with van der Waals surface area (Å²) in [6.45, 7) is 4.11. The van der Waals surface area contributed by atoms with Gasteiger partial charge in [0.2, 0.25) is 0 Å². The number of rotatable bonds is 4. The third-order valence-electron chi connectivity index (χ3n) is 2.35. The number of aromatic nitrogens is 2. The van der Waals surface area contributed by atoms with Gasteiger partial charge in [0.1, 0.15) is 10.3 Å². The second kappa shape index (κ2) is 6.17. The molecule has 0 spiro atoms. The van der Waals surface area contributed by atoms with E-state index >= 15 is 0 Å². The van der Waals surface area contributed by atoms with E-state index in [0.29, 0.717) is 10.3 Å². The Labute approximate surface area is 112 Å². The summed E-state index contributed by atoms with van der Waals surface area (Å²) in [6.07, 6.45) is 2.54. The highest BCUT2D eigenvalue weighted by molar-refractivity contribution is 6.34. The van der Waals surface area contributed by atoms with Crippen molar-refractivity contribution in [3.05, 3.63) is 15.9 Å². The second-order valence-corrected chi connectivity index (χ2v) is 4.75. The van der Waals surface area contributed by atoms with Crippen LogP contribution in [0.3, 0.4) is 0 Å². The van der Waals surface area contributed by atoms with Crippen LogP contribution in [0.15, 0.2) is 4.99 Å². The zero-order valence-corrected chi connectivity index (χ0v) is 11.9. The molecule has 0 saturated carbocycles. The molecular formula is C11H16Cl2N4. The standard InChI is InChI=1S/C11H16Cl2N4/c1-5-7(2)8-9(12)15-11(16-10(8)13)14-6-17(3)4/h6-7H,5H2,1-4H3. The molecule has 1 atom stereocenters. The number of hydrogen-bond acceptors (Lipinski definition) is 3. The molecule has 0 aromatic carbocycles. The van der Waals surface area contributed by atoms with Crippen molar-refractivity contribution in [1.82, 2.24) is 14.9 Å². The van der Waals surface area contributed by atoms with Crippen molar-refractivity contribution < 1.29 is 0 Å². The molecule has 0 N–H and O–H groups in total. The molecule has 94 valence electrons. The zero-order chi connectivity index (χ0) is 13.0. The van der Waals surface area contributed by atoms with Crippen LogP contribution in [0, 0.1) is 0 Å². The van der Waals surface area contributed by atoms with Crippen LogP contribution in [0.1, 0.15) is 31.7 Å². The fourth-order valence-electron chi connectivity index (χ4n) is 1.24. The van der Waals surface area contributed by atoms with E-state index in [1.54, 1.807) is 11.2 Å². The normalized spacial score (nSPS) is 13.1. The van der Waals surface area contributed by atoms with Crippen LogP contribution >= 0.6 is 23.2 Å².